The highest BCUT2D eigenvalue weighted by Gasteiger charge is 2.27. The number of carbonyl (C=O) groups excluding carboxylic acids is 1. The number of hydrogen-bond donors (Lipinski definition) is 1. The summed E-state index contributed by atoms with van der Waals surface area (Å²) in [7, 11) is -0.608. The lowest BCUT2D eigenvalue weighted by atomic mass is 9.98. The highest BCUT2D eigenvalue weighted by molar-refractivity contribution is 7.89. The molecule has 1 fully saturated rings. The third kappa shape index (κ3) is 4.69. The lowest BCUT2D eigenvalue weighted by Crippen LogP contribution is -2.39. The van der Waals surface area contributed by atoms with Crippen molar-refractivity contribution in [2.24, 2.45) is 0 Å². The van der Waals surface area contributed by atoms with E-state index in [9.17, 15) is 13.2 Å². The fraction of sp³-hybridized carbons (Fsp3) is 0.391. The van der Waals surface area contributed by atoms with Crippen LogP contribution in [0.3, 0.4) is 0 Å². The molecule has 1 atom stereocenters. The Labute approximate surface area is 188 Å². The lowest BCUT2D eigenvalue weighted by Gasteiger charge is -2.30. The molecule has 1 N–H and O–H groups in total. The Morgan fingerprint density at radius 2 is 2.03 bits per heavy atom. The number of fused-ring (bicyclic) bond motifs is 1. The molecule has 0 radical (unpaired) electrons. The maximum absolute atomic E-state index is 12.7. The minimum absolute atomic E-state index is 0.139. The van der Waals surface area contributed by atoms with Crippen molar-refractivity contribution in [1.82, 2.24) is 14.2 Å². The van der Waals surface area contributed by atoms with E-state index in [0.717, 1.165) is 30.5 Å². The molecule has 0 bridgehead atoms. The van der Waals surface area contributed by atoms with Gasteiger partial charge in [0.2, 0.25) is 15.9 Å². The molecule has 32 heavy (non-hydrogen) atoms. The first-order valence-corrected chi connectivity index (χ1v) is 12.1. The third-order valence-corrected chi connectivity index (χ3v) is 7.72. The van der Waals surface area contributed by atoms with Crippen molar-refractivity contribution >= 4 is 32.7 Å². The highest BCUT2D eigenvalue weighted by Crippen LogP contribution is 2.29. The first-order valence-electron chi connectivity index (χ1n) is 10.6. The number of nitrogens with zero attached hydrogens (tertiary/aromatic N) is 3. The van der Waals surface area contributed by atoms with Gasteiger partial charge in [-0.3, -0.25) is 9.69 Å². The predicted octanol–water partition coefficient (Wildman–Crippen LogP) is 3.20. The van der Waals surface area contributed by atoms with Crippen LogP contribution in [0, 0.1) is 6.92 Å². The molecular weight excluding hydrogens is 428 g/mol. The molecular formula is C23H28N4O4S. The van der Waals surface area contributed by atoms with E-state index in [2.05, 4.69) is 15.2 Å². The summed E-state index contributed by atoms with van der Waals surface area (Å²) >= 11 is 0. The van der Waals surface area contributed by atoms with Crippen LogP contribution in [-0.2, 0) is 14.8 Å². The number of aromatic nitrogens is 1. The number of amides is 1. The van der Waals surface area contributed by atoms with Crippen molar-refractivity contribution in [3.63, 3.8) is 0 Å². The summed E-state index contributed by atoms with van der Waals surface area (Å²) in [6.07, 6.45) is 1.92. The summed E-state index contributed by atoms with van der Waals surface area (Å²) < 4.78 is 32.2. The molecule has 170 valence electrons. The molecule has 8 nitrogen and oxygen atoms in total. The minimum atomic E-state index is -3.59. The molecule has 0 aliphatic carbocycles. The molecule has 1 unspecified atom stereocenters. The Morgan fingerprint density at radius 3 is 2.78 bits per heavy atom. The summed E-state index contributed by atoms with van der Waals surface area (Å²) in [5, 5.41) is 2.84. The van der Waals surface area contributed by atoms with Crippen LogP contribution in [-0.4, -0.2) is 62.2 Å². The van der Waals surface area contributed by atoms with Crippen molar-refractivity contribution in [1.29, 1.82) is 0 Å². The van der Waals surface area contributed by atoms with E-state index >= 15 is 0 Å². The van der Waals surface area contributed by atoms with Crippen molar-refractivity contribution < 1.29 is 17.6 Å². The van der Waals surface area contributed by atoms with Gasteiger partial charge in [0.15, 0.2) is 11.5 Å². The fourth-order valence-electron chi connectivity index (χ4n) is 4.02. The van der Waals surface area contributed by atoms with Crippen LogP contribution >= 0.6 is 0 Å². The Morgan fingerprint density at radius 1 is 1.25 bits per heavy atom. The SMILES string of the molecule is Cc1ccc(NC(=O)CN2CCCC(c3nc4ccccc4o3)C2)cc1S(=O)(=O)N(C)C. The molecule has 0 saturated carbocycles. The van der Waals surface area contributed by atoms with Gasteiger partial charge in [0, 0.05) is 32.2 Å². The van der Waals surface area contributed by atoms with Gasteiger partial charge in [-0.15, -0.1) is 0 Å². The van der Waals surface area contributed by atoms with Gasteiger partial charge in [-0.2, -0.15) is 0 Å². The Bertz CT molecular complexity index is 1200. The number of carbonyl (C=O) groups is 1. The lowest BCUT2D eigenvalue weighted by molar-refractivity contribution is -0.117. The Balaban J connectivity index is 1.42. The average Bonchev–Trinajstić information content (AvgIpc) is 3.19. The number of sulfonamides is 1. The predicted molar refractivity (Wildman–Crippen MR) is 123 cm³/mol. The zero-order valence-corrected chi connectivity index (χ0v) is 19.4. The number of hydrogen-bond acceptors (Lipinski definition) is 6. The molecule has 1 aliphatic rings. The first-order chi connectivity index (χ1) is 15.2. The third-order valence-electron chi connectivity index (χ3n) is 5.76. The number of piperidine rings is 1. The summed E-state index contributed by atoms with van der Waals surface area (Å²) in [5.74, 6) is 0.675. The second kappa shape index (κ2) is 9.01. The van der Waals surface area contributed by atoms with E-state index in [1.807, 2.05) is 24.3 Å². The van der Waals surface area contributed by atoms with Crippen LogP contribution in [0.2, 0.25) is 0 Å². The van der Waals surface area contributed by atoms with Gasteiger partial charge in [-0.1, -0.05) is 18.2 Å². The van der Waals surface area contributed by atoms with Crippen LogP contribution in [0.15, 0.2) is 51.8 Å². The van der Waals surface area contributed by atoms with Crippen LogP contribution < -0.4 is 5.32 Å². The number of para-hydroxylation sites is 2. The van der Waals surface area contributed by atoms with Crippen LogP contribution in [0.4, 0.5) is 5.69 Å². The van der Waals surface area contributed by atoms with Crippen LogP contribution in [0.1, 0.15) is 30.2 Å². The van der Waals surface area contributed by atoms with Crippen LogP contribution in [0.5, 0.6) is 0 Å². The van der Waals surface area contributed by atoms with E-state index in [1.54, 1.807) is 19.1 Å². The van der Waals surface area contributed by atoms with Gasteiger partial charge < -0.3 is 9.73 Å². The topological polar surface area (TPSA) is 95.7 Å². The number of anilines is 1. The Hall–Kier alpha value is -2.75. The van der Waals surface area contributed by atoms with E-state index in [-0.39, 0.29) is 23.3 Å². The zero-order chi connectivity index (χ0) is 22.9. The summed E-state index contributed by atoms with van der Waals surface area (Å²) in [6.45, 7) is 3.47. The normalized spacial score (nSPS) is 17.7. The van der Waals surface area contributed by atoms with Crippen molar-refractivity contribution in [2.75, 3.05) is 39.0 Å². The molecule has 1 aromatic heterocycles. The zero-order valence-electron chi connectivity index (χ0n) is 18.5. The molecule has 9 heteroatoms. The average molecular weight is 457 g/mol. The first kappa shape index (κ1) is 22.4. The number of nitrogens with one attached hydrogen (secondary N) is 1. The molecule has 1 saturated heterocycles. The maximum Gasteiger partial charge on any atom is 0.242 e. The van der Waals surface area contributed by atoms with E-state index < -0.39 is 10.0 Å². The highest BCUT2D eigenvalue weighted by atomic mass is 32.2. The number of oxazole rings is 1. The van der Waals surface area contributed by atoms with Crippen LogP contribution in [0.25, 0.3) is 11.1 Å². The second-order valence-corrected chi connectivity index (χ2v) is 10.5. The minimum Gasteiger partial charge on any atom is -0.440 e. The largest absolute Gasteiger partial charge is 0.440 e. The Kier molecular flexibility index (Phi) is 6.32. The molecule has 2 aromatic carbocycles. The monoisotopic (exact) mass is 456 g/mol. The van der Waals surface area contributed by atoms with E-state index in [4.69, 9.17) is 4.42 Å². The maximum atomic E-state index is 12.7. The van der Waals surface area contributed by atoms with Gasteiger partial charge >= 0.3 is 0 Å². The molecule has 2 heterocycles. The van der Waals surface area contributed by atoms with Gasteiger partial charge in [-0.25, -0.2) is 17.7 Å². The van der Waals surface area contributed by atoms with Gasteiger partial charge in [0.25, 0.3) is 0 Å². The van der Waals surface area contributed by atoms with E-state index in [0.29, 0.717) is 23.7 Å². The van der Waals surface area contributed by atoms with Gasteiger partial charge in [-0.05, 0) is 56.1 Å². The molecule has 3 aromatic rings. The number of aryl methyl sites for hydroxylation is 1. The number of likely N-dealkylation sites (tertiary alicyclic amines) is 1. The molecule has 0 spiro atoms. The fourth-order valence-corrected chi connectivity index (χ4v) is 5.17. The van der Waals surface area contributed by atoms with Gasteiger partial charge in [0.05, 0.1) is 11.4 Å². The molecule has 4 rings (SSSR count). The smallest absolute Gasteiger partial charge is 0.242 e. The summed E-state index contributed by atoms with van der Waals surface area (Å²) in [5.41, 5.74) is 2.72. The number of rotatable bonds is 6. The van der Waals surface area contributed by atoms with Gasteiger partial charge in [0.1, 0.15) is 5.52 Å². The summed E-state index contributed by atoms with van der Waals surface area (Å²) in [4.78, 5) is 19.6. The van der Waals surface area contributed by atoms with Crippen molar-refractivity contribution in [3.8, 4) is 0 Å². The van der Waals surface area contributed by atoms with E-state index in [1.165, 1.54) is 24.5 Å². The summed E-state index contributed by atoms with van der Waals surface area (Å²) in [6, 6.07) is 12.6. The quantitative estimate of drug-likeness (QED) is 0.612. The number of benzene rings is 2. The standard InChI is InChI=1S/C23H28N4O4S/c1-16-10-11-18(13-21(16)32(29,30)26(2)3)24-22(28)15-27-12-6-7-17(14-27)23-25-19-8-4-5-9-20(19)31-23/h4-5,8-11,13,17H,6-7,12,14-15H2,1-3H3,(H,24,28). The molecule has 1 aliphatic heterocycles. The second-order valence-electron chi connectivity index (χ2n) is 8.41. The molecule has 1 amide bonds. The van der Waals surface area contributed by atoms with Crippen molar-refractivity contribution in [3.05, 3.63) is 53.9 Å². The van der Waals surface area contributed by atoms with Crippen molar-refractivity contribution in [2.45, 2.75) is 30.6 Å².